The number of rotatable bonds is 10. The molecule has 1 unspecified atom stereocenters. The molecule has 1 atom stereocenters. The van der Waals surface area contributed by atoms with Crippen molar-refractivity contribution in [3.8, 4) is 0 Å². The summed E-state index contributed by atoms with van der Waals surface area (Å²) in [7, 11) is 0. The van der Waals surface area contributed by atoms with E-state index in [-0.39, 0.29) is 24.1 Å². The molecule has 10 nitrogen and oxygen atoms in total. The highest BCUT2D eigenvalue weighted by atomic mass is 16.4. The number of primary amides is 1. The van der Waals surface area contributed by atoms with E-state index in [0.717, 1.165) is 0 Å². The van der Waals surface area contributed by atoms with Crippen molar-refractivity contribution in [3.05, 3.63) is 47.7 Å². The number of aromatic nitrogens is 2. The summed E-state index contributed by atoms with van der Waals surface area (Å²) in [6.45, 7) is 0.297. The van der Waals surface area contributed by atoms with Gasteiger partial charge in [0.2, 0.25) is 17.7 Å². The third-order valence-corrected chi connectivity index (χ3v) is 3.64. The number of nitrogens with one attached hydrogen (secondary N) is 2. The smallest absolute Gasteiger partial charge is 0.404 e. The van der Waals surface area contributed by atoms with Crippen LogP contribution in [0.1, 0.15) is 47.4 Å². The molecular formula is C17H21N5O5. The zero-order chi connectivity index (χ0) is 19.6. The number of carbonyl (C=O) groups is 3. The molecule has 2 rings (SSSR count). The van der Waals surface area contributed by atoms with Crippen molar-refractivity contribution in [1.82, 2.24) is 20.8 Å². The molecule has 2 aromatic rings. The summed E-state index contributed by atoms with van der Waals surface area (Å²) in [6.07, 6.45) is 0.365. The van der Waals surface area contributed by atoms with E-state index in [4.69, 9.17) is 15.3 Å². The van der Waals surface area contributed by atoms with E-state index in [1.54, 1.807) is 30.3 Å². The van der Waals surface area contributed by atoms with Crippen LogP contribution in [-0.2, 0) is 11.2 Å². The van der Waals surface area contributed by atoms with E-state index >= 15 is 0 Å². The Bertz CT molecular complexity index is 777. The molecule has 144 valence electrons. The normalized spacial score (nSPS) is 11.6. The lowest BCUT2D eigenvalue weighted by atomic mass is 10.1. The highest BCUT2D eigenvalue weighted by molar-refractivity contribution is 5.94. The van der Waals surface area contributed by atoms with Crippen molar-refractivity contribution in [1.29, 1.82) is 0 Å². The molecule has 0 bridgehead atoms. The largest absolute Gasteiger partial charge is 0.465 e. The van der Waals surface area contributed by atoms with Gasteiger partial charge >= 0.3 is 6.09 Å². The molecule has 0 aliphatic heterocycles. The van der Waals surface area contributed by atoms with E-state index in [0.29, 0.717) is 31.4 Å². The summed E-state index contributed by atoms with van der Waals surface area (Å²) < 4.78 is 5.44. The Morgan fingerprint density at radius 1 is 1.15 bits per heavy atom. The third-order valence-electron chi connectivity index (χ3n) is 3.64. The molecule has 5 N–H and O–H groups in total. The van der Waals surface area contributed by atoms with E-state index < -0.39 is 18.0 Å². The number of nitrogens with zero attached hydrogens (tertiary/aromatic N) is 2. The number of hydrogen-bond donors (Lipinski definition) is 4. The molecule has 0 saturated heterocycles. The fraction of sp³-hybridized carbons (Fsp3) is 0.353. The molecule has 3 amide bonds. The molecule has 1 aromatic carbocycles. The van der Waals surface area contributed by atoms with Gasteiger partial charge in [0, 0.05) is 12.1 Å². The van der Waals surface area contributed by atoms with Crippen LogP contribution in [0.25, 0.3) is 0 Å². The van der Waals surface area contributed by atoms with E-state index in [9.17, 15) is 14.4 Å². The fourth-order valence-electron chi connectivity index (χ4n) is 2.39. The number of nitrogens with two attached hydrogens (primary N) is 1. The topological polar surface area (TPSA) is 160 Å². The quantitative estimate of drug-likeness (QED) is 0.451. The van der Waals surface area contributed by atoms with Gasteiger partial charge in [-0.2, -0.15) is 0 Å². The number of amides is 3. The van der Waals surface area contributed by atoms with Crippen LogP contribution in [0.2, 0.25) is 0 Å². The second kappa shape index (κ2) is 9.90. The first-order chi connectivity index (χ1) is 13.0. The Morgan fingerprint density at radius 2 is 1.89 bits per heavy atom. The third kappa shape index (κ3) is 6.77. The summed E-state index contributed by atoms with van der Waals surface area (Å²) in [5.41, 5.74) is 5.59. The second-order valence-electron chi connectivity index (χ2n) is 5.80. The maximum atomic E-state index is 12.4. The van der Waals surface area contributed by atoms with Crippen LogP contribution >= 0.6 is 0 Å². The zero-order valence-electron chi connectivity index (χ0n) is 14.6. The maximum Gasteiger partial charge on any atom is 0.404 e. The standard InChI is InChI=1S/C17H21N5O5/c18-13(23)10-14-21-22-16(27-14)12(8-4-5-9-19-17(25)26)20-15(24)11-6-2-1-3-7-11/h1-3,6-7,12,19H,4-5,8-10H2,(H2,18,23)(H,20,24)(H,25,26). The van der Waals surface area contributed by atoms with Crippen LogP contribution in [0.15, 0.2) is 34.7 Å². The molecule has 1 heterocycles. The average molecular weight is 375 g/mol. The highest BCUT2D eigenvalue weighted by Crippen LogP contribution is 2.19. The monoisotopic (exact) mass is 375 g/mol. The summed E-state index contributed by atoms with van der Waals surface area (Å²) in [5.74, 6) is -0.667. The minimum Gasteiger partial charge on any atom is -0.465 e. The van der Waals surface area contributed by atoms with Gasteiger partial charge in [0.05, 0.1) is 0 Å². The first kappa shape index (κ1) is 19.9. The Hall–Kier alpha value is -3.43. The van der Waals surface area contributed by atoms with Crippen LogP contribution in [0.3, 0.4) is 0 Å². The summed E-state index contributed by atoms with van der Waals surface area (Å²) in [4.78, 5) is 33.9. The van der Waals surface area contributed by atoms with Gasteiger partial charge in [0.25, 0.3) is 5.91 Å². The predicted molar refractivity (Wildman–Crippen MR) is 93.7 cm³/mol. The molecule has 0 aliphatic carbocycles. The predicted octanol–water partition coefficient (Wildman–Crippen LogP) is 1.01. The van der Waals surface area contributed by atoms with Gasteiger partial charge in [0.1, 0.15) is 12.5 Å². The van der Waals surface area contributed by atoms with E-state index in [1.807, 2.05) is 0 Å². The lowest BCUT2D eigenvalue weighted by Gasteiger charge is -2.15. The van der Waals surface area contributed by atoms with Crippen LogP contribution in [-0.4, -0.2) is 39.8 Å². The Labute approximate surface area is 155 Å². The van der Waals surface area contributed by atoms with Crippen molar-refractivity contribution in [3.63, 3.8) is 0 Å². The van der Waals surface area contributed by atoms with E-state index in [2.05, 4.69) is 20.8 Å². The molecule has 10 heteroatoms. The van der Waals surface area contributed by atoms with Crippen molar-refractivity contribution < 1.29 is 23.9 Å². The minimum atomic E-state index is -1.09. The number of carboxylic acid groups (broad SMARTS) is 1. The van der Waals surface area contributed by atoms with Crippen LogP contribution in [0.4, 0.5) is 4.79 Å². The van der Waals surface area contributed by atoms with Crippen LogP contribution in [0.5, 0.6) is 0 Å². The summed E-state index contributed by atoms with van der Waals surface area (Å²) in [5, 5.41) is 21.3. The maximum absolute atomic E-state index is 12.4. The van der Waals surface area contributed by atoms with Gasteiger partial charge in [0.15, 0.2) is 0 Å². The van der Waals surface area contributed by atoms with Gasteiger partial charge in [-0.1, -0.05) is 18.2 Å². The molecule has 0 saturated carbocycles. The molecule has 27 heavy (non-hydrogen) atoms. The number of carbonyl (C=O) groups excluding carboxylic acids is 2. The number of benzene rings is 1. The fourth-order valence-corrected chi connectivity index (χ4v) is 2.39. The Balaban J connectivity index is 2.03. The molecular weight excluding hydrogens is 354 g/mol. The molecule has 0 radical (unpaired) electrons. The lowest BCUT2D eigenvalue weighted by molar-refractivity contribution is -0.117. The second-order valence-corrected chi connectivity index (χ2v) is 5.80. The molecule has 1 aromatic heterocycles. The zero-order valence-corrected chi connectivity index (χ0v) is 14.6. The SMILES string of the molecule is NC(=O)Cc1nnc(C(CCCCNC(=O)O)NC(=O)c2ccccc2)o1. The summed E-state index contributed by atoms with van der Waals surface area (Å²) in [6, 6.07) is 8.08. The Kier molecular flexibility index (Phi) is 7.29. The van der Waals surface area contributed by atoms with Crippen molar-refractivity contribution in [2.45, 2.75) is 31.7 Å². The minimum absolute atomic E-state index is 0.0732. The van der Waals surface area contributed by atoms with Gasteiger partial charge in [-0.3, -0.25) is 9.59 Å². The number of hydrogen-bond acceptors (Lipinski definition) is 6. The van der Waals surface area contributed by atoms with Gasteiger partial charge in [-0.05, 0) is 31.4 Å². The highest BCUT2D eigenvalue weighted by Gasteiger charge is 2.22. The van der Waals surface area contributed by atoms with Crippen molar-refractivity contribution >= 4 is 17.9 Å². The van der Waals surface area contributed by atoms with Gasteiger partial charge in [-0.15, -0.1) is 10.2 Å². The Morgan fingerprint density at radius 3 is 2.56 bits per heavy atom. The lowest BCUT2D eigenvalue weighted by Crippen LogP contribution is -2.29. The number of unbranched alkanes of at least 4 members (excludes halogenated alkanes) is 1. The van der Waals surface area contributed by atoms with Gasteiger partial charge < -0.3 is 25.9 Å². The van der Waals surface area contributed by atoms with Crippen molar-refractivity contribution in [2.75, 3.05) is 6.54 Å². The van der Waals surface area contributed by atoms with E-state index in [1.165, 1.54) is 0 Å². The van der Waals surface area contributed by atoms with Crippen molar-refractivity contribution in [2.24, 2.45) is 5.73 Å². The molecule has 0 aliphatic rings. The first-order valence-electron chi connectivity index (χ1n) is 8.39. The van der Waals surface area contributed by atoms with Crippen LogP contribution in [0, 0.1) is 0 Å². The molecule has 0 spiro atoms. The first-order valence-corrected chi connectivity index (χ1v) is 8.39. The van der Waals surface area contributed by atoms with Gasteiger partial charge in [-0.25, -0.2) is 4.79 Å². The molecule has 0 fully saturated rings. The van der Waals surface area contributed by atoms with Crippen LogP contribution < -0.4 is 16.4 Å². The average Bonchev–Trinajstić information content (AvgIpc) is 3.08. The summed E-state index contributed by atoms with van der Waals surface area (Å²) >= 11 is 0.